The molecule has 2 aliphatic rings. The fourth-order valence-electron chi connectivity index (χ4n) is 4.39. The van der Waals surface area contributed by atoms with Gasteiger partial charge in [-0.2, -0.15) is 4.31 Å². The molecule has 1 fully saturated rings. The number of ether oxygens (including phenoxy) is 1. The Hall–Kier alpha value is -2.63. The maximum Gasteiger partial charge on any atom is 0.324 e. The second-order valence-electron chi connectivity index (χ2n) is 7.86. The molecule has 2 aromatic heterocycles. The van der Waals surface area contributed by atoms with Crippen LogP contribution in [-0.2, 0) is 39.0 Å². The van der Waals surface area contributed by atoms with Crippen molar-refractivity contribution in [3.8, 4) is 0 Å². The van der Waals surface area contributed by atoms with Crippen molar-refractivity contribution in [2.75, 3.05) is 6.54 Å². The Balaban J connectivity index is 1.34. The van der Waals surface area contributed by atoms with Gasteiger partial charge in [-0.05, 0) is 49.8 Å². The van der Waals surface area contributed by atoms with Crippen molar-refractivity contribution in [1.29, 1.82) is 0 Å². The van der Waals surface area contributed by atoms with Gasteiger partial charge in [0.2, 0.25) is 10.0 Å². The number of benzene rings is 1. The number of hydrogen-bond donors (Lipinski definition) is 1. The molecule has 1 aliphatic heterocycles. The lowest BCUT2D eigenvalue weighted by molar-refractivity contribution is -0.149. The number of rotatable bonds is 5. The molecule has 0 bridgehead atoms. The molecule has 8 nitrogen and oxygen atoms in total. The number of fused-ring (bicyclic) bond motifs is 3. The number of esters is 1. The van der Waals surface area contributed by atoms with Gasteiger partial charge in [0.25, 0.3) is 5.56 Å². The largest absolute Gasteiger partial charge is 0.456 e. The summed E-state index contributed by atoms with van der Waals surface area (Å²) in [7, 11) is -4.19. The van der Waals surface area contributed by atoms with E-state index in [2.05, 4.69) is 9.97 Å². The summed E-state index contributed by atoms with van der Waals surface area (Å²) in [5, 5.41) is 0.607. The molecule has 11 heteroatoms. The van der Waals surface area contributed by atoms with Gasteiger partial charge in [-0.15, -0.1) is 11.3 Å². The molecule has 32 heavy (non-hydrogen) atoms. The molecule has 168 valence electrons. The minimum absolute atomic E-state index is 0.0955. The van der Waals surface area contributed by atoms with E-state index in [0.29, 0.717) is 16.6 Å². The van der Waals surface area contributed by atoms with Gasteiger partial charge in [-0.1, -0.05) is 12.1 Å². The summed E-state index contributed by atoms with van der Waals surface area (Å²) in [6.45, 7) is -0.186. The van der Waals surface area contributed by atoms with Crippen LogP contribution in [0.25, 0.3) is 10.2 Å². The first kappa shape index (κ1) is 21.2. The molecule has 3 heterocycles. The Morgan fingerprint density at radius 2 is 2.09 bits per heavy atom. The van der Waals surface area contributed by atoms with E-state index in [4.69, 9.17) is 4.74 Å². The normalized spacial score (nSPS) is 18.8. The smallest absolute Gasteiger partial charge is 0.324 e. The second-order valence-corrected chi connectivity index (χ2v) is 10.8. The van der Waals surface area contributed by atoms with E-state index in [0.717, 1.165) is 35.2 Å². The average molecular weight is 478 g/mol. The molecule has 0 spiro atoms. The highest BCUT2D eigenvalue weighted by molar-refractivity contribution is 7.89. The Kier molecular flexibility index (Phi) is 5.34. The number of H-pyrrole nitrogens is 1. The van der Waals surface area contributed by atoms with Gasteiger partial charge < -0.3 is 9.72 Å². The van der Waals surface area contributed by atoms with Crippen molar-refractivity contribution in [3.63, 3.8) is 0 Å². The van der Waals surface area contributed by atoms with Crippen LogP contribution in [0.2, 0.25) is 0 Å². The molecule has 1 aliphatic carbocycles. The highest BCUT2D eigenvalue weighted by Gasteiger charge is 2.41. The summed E-state index contributed by atoms with van der Waals surface area (Å²) in [5.41, 5.74) is 0.798. The van der Waals surface area contributed by atoms with Crippen LogP contribution in [0.4, 0.5) is 4.39 Å². The van der Waals surface area contributed by atoms with Crippen molar-refractivity contribution in [3.05, 3.63) is 56.7 Å². The lowest BCUT2D eigenvalue weighted by atomic mass is 10.2. The quantitative estimate of drug-likeness (QED) is 0.566. The topological polar surface area (TPSA) is 109 Å². The molecule has 5 rings (SSSR count). The van der Waals surface area contributed by atoms with Gasteiger partial charge in [-0.25, -0.2) is 17.8 Å². The standard InChI is InChI=1S/C21H20FN3O5S2/c22-13-6-1-2-9-16(13)32(28,29)25-10-4-7-14(25)21(27)30-11-17-23-19(26)18-12-5-3-8-15(12)31-20(18)24-17/h1-2,6,9,14H,3-5,7-8,10-11H2,(H,23,24,26)/t14-/m0/s1. The third-order valence-corrected chi connectivity index (χ3v) is 9.00. The molecule has 3 aromatic rings. The zero-order valence-corrected chi connectivity index (χ0v) is 18.6. The number of sulfonamides is 1. The fraction of sp³-hybridized carbons (Fsp3) is 0.381. The Labute approximate surface area is 187 Å². The summed E-state index contributed by atoms with van der Waals surface area (Å²) in [4.78, 5) is 33.7. The van der Waals surface area contributed by atoms with Crippen LogP contribution >= 0.6 is 11.3 Å². The van der Waals surface area contributed by atoms with E-state index in [9.17, 15) is 22.4 Å². The number of hydrogen-bond acceptors (Lipinski definition) is 7. The lowest BCUT2D eigenvalue weighted by Gasteiger charge is -2.22. The Bertz CT molecular complexity index is 1380. The molecule has 0 radical (unpaired) electrons. The van der Waals surface area contributed by atoms with E-state index in [1.807, 2.05) is 0 Å². The number of aryl methyl sites for hydroxylation is 2. The molecule has 1 N–H and O–H groups in total. The second kappa shape index (κ2) is 8.05. The minimum Gasteiger partial charge on any atom is -0.456 e. The molecular weight excluding hydrogens is 457 g/mol. The van der Waals surface area contributed by atoms with Crippen LogP contribution in [-0.4, -0.2) is 41.2 Å². The van der Waals surface area contributed by atoms with E-state index in [-0.39, 0.29) is 31.0 Å². The van der Waals surface area contributed by atoms with Gasteiger partial charge in [0.05, 0.1) is 5.39 Å². The minimum atomic E-state index is -4.19. The third-order valence-electron chi connectivity index (χ3n) is 5.87. The van der Waals surface area contributed by atoms with Crippen molar-refractivity contribution in [2.24, 2.45) is 0 Å². The highest BCUT2D eigenvalue weighted by Crippen LogP contribution is 2.34. The van der Waals surface area contributed by atoms with E-state index >= 15 is 0 Å². The lowest BCUT2D eigenvalue weighted by Crippen LogP contribution is -2.41. The Morgan fingerprint density at radius 1 is 1.28 bits per heavy atom. The Morgan fingerprint density at radius 3 is 2.91 bits per heavy atom. The van der Waals surface area contributed by atoms with Gasteiger partial charge in [-0.3, -0.25) is 9.59 Å². The van der Waals surface area contributed by atoms with Crippen LogP contribution in [0.1, 0.15) is 35.5 Å². The van der Waals surface area contributed by atoms with Gasteiger partial charge in [0.1, 0.15) is 34.0 Å². The zero-order valence-electron chi connectivity index (χ0n) is 17.0. The highest BCUT2D eigenvalue weighted by atomic mass is 32.2. The van der Waals surface area contributed by atoms with Crippen LogP contribution in [0.15, 0.2) is 34.0 Å². The van der Waals surface area contributed by atoms with Gasteiger partial charge >= 0.3 is 5.97 Å². The fourth-order valence-corrected chi connectivity index (χ4v) is 7.39. The zero-order chi connectivity index (χ0) is 22.5. The number of thiophene rings is 1. The van der Waals surface area contributed by atoms with Crippen molar-refractivity contribution < 1.29 is 22.3 Å². The summed E-state index contributed by atoms with van der Waals surface area (Å²) < 4.78 is 46.2. The SMILES string of the molecule is O=C(OCc1nc2sc3c(c2c(=O)[nH]1)CCC3)[C@@H]1CCCN1S(=O)(=O)c1ccccc1F. The first-order valence-electron chi connectivity index (χ1n) is 10.3. The third kappa shape index (κ3) is 3.54. The maximum atomic E-state index is 14.1. The number of carbonyl (C=O) groups excluding carboxylic acids is 1. The number of carbonyl (C=O) groups is 1. The average Bonchev–Trinajstić information content (AvgIpc) is 3.48. The van der Waals surface area contributed by atoms with Crippen LogP contribution in [0.5, 0.6) is 0 Å². The van der Waals surface area contributed by atoms with Gasteiger partial charge in [0, 0.05) is 11.4 Å². The first-order chi connectivity index (χ1) is 15.4. The van der Waals surface area contributed by atoms with Crippen LogP contribution in [0, 0.1) is 5.82 Å². The predicted octanol–water partition coefficient (Wildman–Crippen LogP) is 2.51. The van der Waals surface area contributed by atoms with Gasteiger partial charge in [0.15, 0.2) is 0 Å². The van der Waals surface area contributed by atoms with Crippen LogP contribution < -0.4 is 5.56 Å². The molecule has 0 unspecified atom stereocenters. The molecular formula is C21H20FN3O5S2. The number of aromatic nitrogens is 2. The molecule has 1 saturated heterocycles. The monoisotopic (exact) mass is 477 g/mol. The van der Waals surface area contributed by atoms with E-state index in [1.165, 1.54) is 34.4 Å². The molecule has 1 atom stereocenters. The van der Waals surface area contributed by atoms with E-state index in [1.54, 1.807) is 0 Å². The number of aromatic amines is 1. The maximum absolute atomic E-state index is 14.1. The van der Waals surface area contributed by atoms with Crippen molar-refractivity contribution in [1.82, 2.24) is 14.3 Å². The number of halogens is 1. The summed E-state index contributed by atoms with van der Waals surface area (Å²) in [6.07, 6.45) is 3.56. The van der Waals surface area contributed by atoms with E-state index < -0.39 is 32.7 Å². The molecule has 0 amide bonds. The first-order valence-corrected chi connectivity index (χ1v) is 12.6. The van der Waals surface area contributed by atoms with Crippen LogP contribution in [0.3, 0.4) is 0 Å². The predicted molar refractivity (Wildman–Crippen MR) is 115 cm³/mol. The van der Waals surface area contributed by atoms with Crippen molar-refractivity contribution >= 4 is 37.5 Å². The molecule has 0 saturated carbocycles. The summed E-state index contributed by atoms with van der Waals surface area (Å²) in [5.74, 6) is -1.42. The summed E-state index contributed by atoms with van der Waals surface area (Å²) in [6, 6.07) is 4.01. The number of nitrogens with one attached hydrogen (secondary N) is 1. The summed E-state index contributed by atoms with van der Waals surface area (Å²) >= 11 is 1.48. The number of nitrogens with zero attached hydrogens (tertiary/aromatic N) is 2. The van der Waals surface area contributed by atoms with Crippen molar-refractivity contribution in [2.45, 2.75) is 49.6 Å². The molecule has 1 aromatic carbocycles.